The molecule has 1 aliphatic heterocycles. The minimum atomic E-state index is -0.464. The molecule has 0 radical (unpaired) electrons. The number of piperidine rings is 1. The smallest absolute Gasteiger partial charge is 0.410 e. The summed E-state index contributed by atoms with van der Waals surface area (Å²) in [5.74, 6) is 0. The number of nitrogens with zero attached hydrogens (tertiary/aromatic N) is 2. The molecule has 0 N–H and O–H groups in total. The van der Waals surface area contributed by atoms with Gasteiger partial charge in [-0.1, -0.05) is 25.4 Å². The van der Waals surface area contributed by atoms with Crippen LogP contribution in [-0.4, -0.2) is 34.3 Å². The summed E-state index contributed by atoms with van der Waals surface area (Å²) in [5.41, 5.74) is 0.669. The van der Waals surface area contributed by atoms with Crippen molar-refractivity contribution >= 4 is 28.6 Å². The van der Waals surface area contributed by atoms with Gasteiger partial charge in [-0.2, -0.15) is 0 Å². The van der Waals surface area contributed by atoms with Crippen LogP contribution in [0.15, 0.2) is 30.5 Å². The van der Waals surface area contributed by atoms with Crippen LogP contribution in [0.5, 0.6) is 0 Å². The molecule has 0 bridgehead atoms. The molecule has 1 atom stereocenters. The second kappa shape index (κ2) is 6.24. The number of fused-ring (bicyclic) bond motifs is 1. The highest BCUT2D eigenvalue weighted by Gasteiger charge is 2.40. The van der Waals surface area contributed by atoms with Gasteiger partial charge >= 0.3 is 6.09 Å². The number of ether oxygens (including phenoxy) is 1. The minimum Gasteiger partial charge on any atom is -0.444 e. The maximum absolute atomic E-state index is 12.4. The summed E-state index contributed by atoms with van der Waals surface area (Å²) in [5, 5.41) is 1.90. The Morgan fingerprint density at radius 3 is 2.64 bits per heavy atom. The van der Waals surface area contributed by atoms with Crippen molar-refractivity contribution in [3.63, 3.8) is 0 Å². The normalized spacial score (nSPS) is 20.7. The van der Waals surface area contributed by atoms with Gasteiger partial charge in [0.25, 0.3) is 0 Å². The molecule has 25 heavy (non-hydrogen) atoms. The molecule has 1 aromatic heterocycles. The SMILES string of the molecule is CC(C)(C)OC(=O)N1CCC(n2ccc3cc(Cl)ccc32)C(C)(C)C1. The fraction of sp³-hybridized carbons (Fsp3) is 0.550. The summed E-state index contributed by atoms with van der Waals surface area (Å²) in [6, 6.07) is 8.44. The Balaban J connectivity index is 1.82. The number of amides is 1. The van der Waals surface area contributed by atoms with Gasteiger partial charge in [-0.15, -0.1) is 0 Å². The standard InChI is InChI=1S/C20H27ClN2O2/c1-19(2,3)25-18(24)22-10-9-17(20(4,5)13-22)23-11-8-14-12-15(21)6-7-16(14)23/h6-8,11-12,17H,9-10,13H2,1-5H3. The van der Waals surface area contributed by atoms with E-state index in [1.165, 1.54) is 5.52 Å². The third-order valence-corrected chi connectivity index (χ3v) is 5.08. The van der Waals surface area contributed by atoms with E-state index in [9.17, 15) is 4.79 Å². The summed E-state index contributed by atoms with van der Waals surface area (Å²) >= 11 is 6.11. The van der Waals surface area contributed by atoms with Crippen LogP contribution >= 0.6 is 11.6 Å². The fourth-order valence-electron chi connectivity index (χ4n) is 3.75. The van der Waals surface area contributed by atoms with E-state index in [2.05, 4.69) is 36.7 Å². The van der Waals surface area contributed by atoms with Crippen LogP contribution in [0.25, 0.3) is 10.9 Å². The number of carbonyl (C=O) groups excluding carboxylic acids is 1. The van der Waals surface area contributed by atoms with Crippen LogP contribution in [-0.2, 0) is 4.74 Å². The predicted octanol–water partition coefficient (Wildman–Crippen LogP) is 5.50. The summed E-state index contributed by atoms with van der Waals surface area (Å²) < 4.78 is 7.88. The average molecular weight is 363 g/mol. The first-order chi connectivity index (χ1) is 11.6. The zero-order valence-electron chi connectivity index (χ0n) is 15.7. The van der Waals surface area contributed by atoms with Crippen LogP contribution < -0.4 is 0 Å². The number of likely N-dealkylation sites (tertiary alicyclic amines) is 1. The van der Waals surface area contributed by atoms with Crippen LogP contribution in [0.4, 0.5) is 4.79 Å². The molecule has 4 nitrogen and oxygen atoms in total. The van der Waals surface area contributed by atoms with Crippen molar-refractivity contribution in [2.45, 2.75) is 52.7 Å². The van der Waals surface area contributed by atoms with Gasteiger partial charge in [0.15, 0.2) is 0 Å². The molecule has 0 aliphatic carbocycles. The Morgan fingerprint density at radius 1 is 1.28 bits per heavy atom. The lowest BCUT2D eigenvalue weighted by molar-refractivity contribution is -0.00153. The zero-order valence-corrected chi connectivity index (χ0v) is 16.4. The third-order valence-electron chi connectivity index (χ3n) is 4.84. The zero-order chi connectivity index (χ0) is 18.4. The Morgan fingerprint density at radius 2 is 2.00 bits per heavy atom. The first-order valence-corrected chi connectivity index (χ1v) is 9.19. The van der Waals surface area contributed by atoms with E-state index in [1.54, 1.807) is 0 Å². The van der Waals surface area contributed by atoms with Crippen LogP contribution in [0, 0.1) is 5.41 Å². The molecule has 1 fully saturated rings. The quantitative estimate of drug-likeness (QED) is 0.671. The van der Waals surface area contributed by atoms with Crippen LogP contribution in [0.2, 0.25) is 5.02 Å². The van der Waals surface area contributed by atoms with Crippen LogP contribution in [0.3, 0.4) is 0 Å². The Labute approximate surface area is 154 Å². The Kier molecular flexibility index (Phi) is 4.52. The topological polar surface area (TPSA) is 34.5 Å². The van der Waals surface area contributed by atoms with Gasteiger partial charge in [0.1, 0.15) is 5.60 Å². The van der Waals surface area contributed by atoms with Crippen molar-refractivity contribution in [2.75, 3.05) is 13.1 Å². The molecule has 0 saturated carbocycles. The summed E-state index contributed by atoms with van der Waals surface area (Å²) in [6.45, 7) is 11.5. The van der Waals surface area contributed by atoms with Gasteiger partial charge in [0, 0.05) is 46.7 Å². The van der Waals surface area contributed by atoms with E-state index in [0.717, 1.165) is 16.8 Å². The van der Waals surface area contributed by atoms with E-state index in [0.29, 0.717) is 19.1 Å². The summed E-state index contributed by atoms with van der Waals surface area (Å²) in [6.07, 6.45) is 2.82. The summed E-state index contributed by atoms with van der Waals surface area (Å²) in [7, 11) is 0. The number of carbonyl (C=O) groups is 1. The number of hydrogen-bond acceptors (Lipinski definition) is 2. The lowest BCUT2D eigenvalue weighted by atomic mass is 9.79. The van der Waals surface area contributed by atoms with Gasteiger partial charge in [0.2, 0.25) is 0 Å². The minimum absolute atomic E-state index is 0.0548. The van der Waals surface area contributed by atoms with Gasteiger partial charge in [-0.3, -0.25) is 0 Å². The van der Waals surface area contributed by atoms with Gasteiger partial charge in [-0.25, -0.2) is 4.79 Å². The van der Waals surface area contributed by atoms with Crippen molar-refractivity contribution in [3.8, 4) is 0 Å². The Bertz CT molecular complexity index is 789. The molecular weight excluding hydrogens is 336 g/mol. The molecule has 136 valence electrons. The van der Waals surface area contributed by atoms with E-state index >= 15 is 0 Å². The number of aromatic nitrogens is 1. The molecule has 3 rings (SSSR count). The second-order valence-electron chi connectivity index (χ2n) is 8.62. The van der Waals surface area contributed by atoms with E-state index in [4.69, 9.17) is 16.3 Å². The average Bonchev–Trinajstić information content (AvgIpc) is 2.87. The van der Waals surface area contributed by atoms with Gasteiger partial charge in [0.05, 0.1) is 0 Å². The number of hydrogen-bond donors (Lipinski definition) is 0. The van der Waals surface area contributed by atoms with Crippen molar-refractivity contribution < 1.29 is 9.53 Å². The molecule has 0 spiro atoms. The maximum atomic E-state index is 12.4. The van der Waals surface area contributed by atoms with Crippen molar-refractivity contribution in [1.29, 1.82) is 0 Å². The molecule has 2 aromatic rings. The third kappa shape index (κ3) is 3.79. The number of rotatable bonds is 1. The van der Waals surface area contributed by atoms with Crippen LogP contribution in [0.1, 0.15) is 47.1 Å². The van der Waals surface area contributed by atoms with E-state index in [-0.39, 0.29) is 11.5 Å². The maximum Gasteiger partial charge on any atom is 0.410 e. The van der Waals surface area contributed by atoms with Gasteiger partial charge < -0.3 is 14.2 Å². The molecule has 5 heteroatoms. The van der Waals surface area contributed by atoms with Crippen molar-refractivity contribution in [2.24, 2.45) is 5.41 Å². The molecular formula is C20H27ClN2O2. The molecule has 1 unspecified atom stereocenters. The Hall–Kier alpha value is -1.68. The lowest BCUT2D eigenvalue weighted by Crippen LogP contribution is -2.50. The molecule has 1 saturated heterocycles. The first kappa shape index (κ1) is 18.1. The highest BCUT2D eigenvalue weighted by Crippen LogP contribution is 2.41. The fourth-order valence-corrected chi connectivity index (χ4v) is 3.93. The second-order valence-corrected chi connectivity index (χ2v) is 9.06. The van der Waals surface area contributed by atoms with E-state index in [1.807, 2.05) is 37.8 Å². The van der Waals surface area contributed by atoms with Gasteiger partial charge in [-0.05, 0) is 51.5 Å². The van der Waals surface area contributed by atoms with Crippen molar-refractivity contribution in [1.82, 2.24) is 9.47 Å². The highest BCUT2D eigenvalue weighted by molar-refractivity contribution is 6.31. The highest BCUT2D eigenvalue weighted by atomic mass is 35.5. The molecule has 1 aromatic carbocycles. The number of benzene rings is 1. The predicted molar refractivity (Wildman–Crippen MR) is 102 cm³/mol. The van der Waals surface area contributed by atoms with E-state index < -0.39 is 5.60 Å². The molecule has 2 heterocycles. The largest absolute Gasteiger partial charge is 0.444 e. The number of halogens is 1. The summed E-state index contributed by atoms with van der Waals surface area (Å²) in [4.78, 5) is 14.3. The molecule has 1 aliphatic rings. The lowest BCUT2D eigenvalue weighted by Gasteiger charge is -2.45. The monoisotopic (exact) mass is 362 g/mol. The first-order valence-electron chi connectivity index (χ1n) is 8.81. The molecule has 1 amide bonds. The van der Waals surface area contributed by atoms with Crippen molar-refractivity contribution in [3.05, 3.63) is 35.5 Å².